The van der Waals surface area contributed by atoms with Crippen molar-refractivity contribution in [1.29, 1.82) is 0 Å². The standard InChI is InChI=1S/C17H24N4O3S/c1-5-12-9-13(22)21-15(18-12)25-16(19-21)20-8-7-17(10-20,11(3)4)14(23)24-6-2/h9,11H,5-8,10H2,1-4H3. The van der Waals surface area contributed by atoms with E-state index in [1.165, 1.54) is 21.9 Å². The van der Waals surface area contributed by atoms with E-state index in [1.807, 2.05) is 13.8 Å². The minimum atomic E-state index is -0.527. The van der Waals surface area contributed by atoms with Crippen molar-refractivity contribution in [3.8, 4) is 0 Å². The summed E-state index contributed by atoms with van der Waals surface area (Å²) >= 11 is 1.39. The van der Waals surface area contributed by atoms with Crippen LogP contribution in [0, 0.1) is 11.3 Å². The van der Waals surface area contributed by atoms with Gasteiger partial charge in [0.1, 0.15) is 0 Å². The van der Waals surface area contributed by atoms with Gasteiger partial charge in [-0.2, -0.15) is 4.52 Å². The summed E-state index contributed by atoms with van der Waals surface area (Å²) in [6, 6.07) is 1.53. The molecule has 0 bridgehead atoms. The number of anilines is 1. The number of hydrogen-bond donors (Lipinski definition) is 0. The van der Waals surface area contributed by atoms with Crippen molar-refractivity contribution >= 4 is 27.4 Å². The minimum Gasteiger partial charge on any atom is -0.466 e. The van der Waals surface area contributed by atoms with Gasteiger partial charge >= 0.3 is 5.97 Å². The third-order valence-electron chi connectivity index (χ3n) is 5.01. The number of aromatic nitrogens is 3. The molecular formula is C17H24N4O3S. The van der Waals surface area contributed by atoms with E-state index < -0.39 is 5.41 Å². The Kier molecular flexibility index (Phi) is 4.81. The molecule has 1 unspecified atom stereocenters. The number of ether oxygens (including phenoxy) is 1. The van der Waals surface area contributed by atoms with Gasteiger partial charge in [-0.05, 0) is 25.7 Å². The van der Waals surface area contributed by atoms with Crippen LogP contribution >= 0.6 is 11.3 Å². The summed E-state index contributed by atoms with van der Waals surface area (Å²) in [6.07, 6.45) is 1.43. The predicted molar refractivity (Wildman–Crippen MR) is 97.2 cm³/mol. The van der Waals surface area contributed by atoms with Crippen LogP contribution < -0.4 is 10.5 Å². The minimum absolute atomic E-state index is 0.142. The molecule has 25 heavy (non-hydrogen) atoms. The molecule has 2 aromatic heterocycles. The number of aryl methyl sites for hydroxylation is 1. The summed E-state index contributed by atoms with van der Waals surface area (Å²) in [5.41, 5.74) is 0.0784. The van der Waals surface area contributed by atoms with E-state index in [9.17, 15) is 9.59 Å². The van der Waals surface area contributed by atoms with Gasteiger partial charge in [0.25, 0.3) is 5.56 Å². The summed E-state index contributed by atoms with van der Waals surface area (Å²) in [5.74, 6) is 0.0237. The monoisotopic (exact) mass is 364 g/mol. The zero-order chi connectivity index (χ0) is 18.2. The molecule has 0 spiro atoms. The van der Waals surface area contributed by atoms with Crippen LogP contribution in [0.25, 0.3) is 4.96 Å². The largest absolute Gasteiger partial charge is 0.466 e. The maximum absolute atomic E-state index is 12.6. The lowest BCUT2D eigenvalue weighted by molar-refractivity contribution is -0.156. The van der Waals surface area contributed by atoms with E-state index in [0.29, 0.717) is 31.1 Å². The summed E-state index contributed by atoms with van der Waals surface area (Å²) < 4.78 is 6.68. The molecular weight excluding hydrogens is 340 g/mol. The second kappa shape index (κ2) is 6.74. The first-order valence-electron chi connectivity index (χ1n) is 8.73. The predicted octanol–water partition coefficient (Wildman–Crippen LogP) is 2.13. The van der Waals surface area contributed by atoms with Crippen molar-refractivity contribution in [2.24, 2.45) is 11.3 Å². The Morgan fingerprint density at radius 1 is 1.44 bits per heavy atom. The van der Waals surface area contributed by atoms with Crippen LogP contribution in [0.15, 0.2) is 10.9 Å². The molecule has 1 saturated heterocycles. The summed E-state index contributed by atoms with van der Waals surface area (Å²) in [6.45, 7) is 9.56. The highest BCUT2D eigenvalue weighted by molar-refractivity contribution is 7.20. The van der Waals surface area contributed by atoms with Gasteiger partial charge in [-0.3, -0.25) is 9.59 Å². The Morgan fingerprint density at radius 2 is 2.20 bits per heavy atom. The molecule has 0 aromatic carbocycles. The molecule has 1 atom stereocenters. The van der Waals surface area contributed by atoms with Gasteiger partial charge < -0.3 is 9.64 Å². The topological polar surface area (TPSA) is 76.8 Å². The average molecular weight is 364 g/mol. The number of fused-ring (bicyclic) bond motifs is 1. The van der Waals surface area contributed by atoms with E-state index in [0.717, 1.165) is 17.2 Å². The fourth-order valence-corrected chi connectivity index (χ4v) is 4.25. The maximum atomic E-state index is 12.6. The molecule has 0 amide bonds. The van der Waals surface area contributed by atoms with Gasteiger partial charge in [0.05, 0.1) is 12.0 Å². The Labute approximate surface area is 150 Å². The summed E-state index contributed by atoms with van der Waals surface area (Å²) in [7, 11) is 0. The third kappa shape index (κ3) is 3.03. The lowest BCUT2D eigenvalue weighted by atomic mass is 9.76. The zero-order valence-corrected chi connectivity index (χ0v) is 15.9. The first-order valence-corrected chi connectivity index (χ1v) is 9.55. The second-order valence-electron chi connectivity index (χ2n) is 6.72. The summed E-state index contributed by atoms with van der Waals surface area (Å²) in [5, 5.41) is 5.16. The number of carbonyl (C=O) groups excluding carboxylic acids is 1. The van der Waals surface area contributed by atoms with Crippen LogP contribution in [0.2, 0.25) is 0 Å². The first-order chi connectivity index (χ1) is 11.9. The van der Waals surface area contributed by atoms with Crippen LogP contribution in [0.3, 0.4) is 0 Å². The van der Waals surface area contributed by atoms with E-state index >= 15 is 0 Å². The van der Waals surface area contributed by atoms with Crippen LogP contribution in [-0.2, 0) is 16.0 Å². The molecule has 0 aliphatic carbocycles. The van der Waals surface area contributed by atoms with Crippen LogP contribution in [-0.4, -0.2) is 40.3 Å². The van der Waals surface area contributed by atoms with Crippen molar-refractivity contribution in [3.05, 3.63) is 22.1 Å². The Bertz CT molecular complexity index is 844. The molecule has 0 N–H and O–H groups in total. The van der Waals surface area contributed by atoms with Crippen molar-refractivity contribution in [2.75, 3.05) is 24.6 Å². The molecule has 1 aliphatic heterocycles. The number of nitrogens with zero attached hydrogens (tertiary/aromatic N) is 4. The van der Waals surface area contributed by atoms with E-state index in [2.05, 4.69) is 28.8 Å². The van der Waals surface area contributed by atoms with Crippen molar-refractivity contribution in [2.45, 2.75) is 40.5 Å². The SMILES string of the molecule is CCOC(=O)C1(C(C)C)CCN(c2nn3c(=O)cc(CC)nc3s2)C1. The van der Waals surface area contributed by atoms with Crippen LogP contribution in [0.1, 0.15) is 39.8 Å². The molecule has 3 rings (SSSR count). The Hall–Kier alpha value is -1.96. The molecule has 3 heterocycles. The molecule has 1 fully saturated rings. The molecule has 0 saturated carbocycles. The van der Waals surface area contributed by atoms with Gasteiger partial charge in [-0.25, -0.2) is 4.98 Å². The van der Waals surface area contributed by atoms with Gasteiger partial charge in [0, 0.05) is 24.8 Å². The highest BCUT2D eigenvalue weighted by Crippen LogP contribution is 2.41. The maximum Gasteiger partial charge on any atom is 0.314 e. The van der Waals surface area contributed by atoms with Gasteiger partial charge in [0.2, 0.25) is 10.1 Å². The fourth-order valence-electron chi connectivity index (χ4n) is 3.30. The molecule has 7 nitrogen and oxygen atoms in total. The molecule has 136 valence electrons. The molecule has 8 heteroatoms. The smallest absolute Gasteiger partial charge is 0.314 e. The quantitative estimate of drug-likeness (QED) is 0.757. The first kappa shape index (κ1) is 17.8. The lowest BCUT2D eigenvalue weighted by Gasteiger charge is -2.30. The van der Waals surface area contributed by atoms with Crippen molar-refractivity contribution in [3.63, 3.8) is 0 Å². The average Bonchev–Trinajstić information content (AvgIpc) is 3.20. The molecule has 1 aliphatic rings. The van der Waals surface area contributed by atoms with Crippen LogP contribution in [0.4, 0.5) is 5.13 Å². The summed E-state index contributed by atoms with van der Waals surface area (Å²) in [4.78, 5) is 31.9. The Balaban J connectivity index is 1.93. The fraction of sp³-hybridized carbons (Fsp3) is 0.647. The molecule has 0 radical (unpaired) electrons. The third-order valence-corrected chi connectivity index (χ3v) is 5.98. The molecule has 2 aromatic rings. The normalized spacial score (nSPS) is 20.6. The Morgan fingerprint density at radius 3 is 2.84 bits per heavy atom. The zero-order valence-electron chi connectivity index (χ0n) is 15.1. The van der Waals surface area contributed by atoms with Gasteiger partial charge in [-0.1, -0.05) is 32.1 Å². The van der Waals surface area contributed by atoms with Crippen molar-refractivity contribution < 1.29 is 9.53 Å². The van der Waals surface area contributed by atoms with E-state index in [4.69, 9.17) is 4.74 Å². The number of esters is 1. The van der Waals surface area contributed by atoms with Gasteiger partial charge in [0.15, 0.2) is 0 Å². The number of carbonyl (C=O) groups is 1. The van der Waals surface area contributed by atoms with E-state index in [-0.39, 0.29) is 17.4 Å². The second-order valence-corrected chi connectivity index (χ2v) is 7.66. The van der Waals surface area contributed by atoms with Crippen molar-refractivity contribution in [1.82, 2.24) is 14.6 Å². The number of hydrogen-bond acceptors (Lipinski definition) is 7. The van der Waals surface area contributed by atoms with Gasteiger partial charge in [-0.15, -0.1) is 5.10 Å². The highest BCUT2D eigenvalue weighted by atomic mass is 32.1. The highest BCUT2D eigenvalue weighted by Gasteiger charge is 2.49. The van der Waals surface area contributed by atoms with E-state index in [1.54, 1.807) is 0 Å². The number of rotatable bonds is 5. The lowest BCUT2D eigenvalue weighted by Crippen LogP contribution is -2.40. The van der Waals surface area contributed by atoms with Crippen LogP contribution in [0.5, 0.6) is 0 Å².